The summed E-state index contributed by atoms with van der Waals surface area (Å²) in [5.41, 5.74) is 13.7. The maximum absolute atomic E-state index is 9.84. The minimum Gasteiger partial charge on any atom is -0.508 e. The molecule has 4 N–H and O–H groups in total. The quantitative estimate of drug-likeness (QED) is 0.296. The number of nitrogens with one attached hydrogen (secondary N) is 1. The highest BCUT2D eigenvalue weighted by Crippen LogP contribution is 2.31. The van der Waals surface area contributed by atoms with Crippen molar-refractivity contribution in [2.45, 2.75) is 32.7 Å². The molecule has 1 aliphatic heterocycles. The highest BCUT2D eigenvalue weighted by atomic mass is 16.5. The number of aromatic nitrogens is 3. The summed E-state index contributed by atoms with van der Waals surface area (Å²) >= 11 is 0. The van der Waals surface area contributed by atoms with E-state index in [0.29, 0.717) is 12.4 Å². The number of nitrogens with two attached hydrogens (primary N) is 1. The highest BCUT2D eigenvalue weighted by Gasteiger charge is 2.21. The van der Waals surface area contributed by atoms with Gasteiger partial charge in [-0.25, -0.2) is 9.51 Å². The van der Waals surface area contributed by atoms with Crippen molar-refractivity contribution < 1.29 is 9.84 Å². The summed E-state index contributed by atoms with van der Waals surface area (Å²) in [5, 5.41) is 18.1. The Balaban J connectivity index is 1.64. The van der Waals surface area contributed by atoms with Crippen LogP contribution in [-0.4, -0.2) is 44.8 Å². The molecule has 1 atom stereocenters. The Morgan fingerprint density at radius 1 is 1.32 bits per heavy atom. The van der Waals surface area contributed by atoms with Gasteiger partial charge in [0.1, 0.15) is 11.6 Å². The van der Waals surface area contributed by atoms with Gasteiger partial charge in [-0.15, -0.1) is 0 Å². The fourth-order valence-electron chi connectivity index (χ4n) is 4.33. The van der Waals surface area contributed by atoms with Gasteiger partial charge in [0.15, 0.2) is 0 Å². The molecule has 3 aromatic heterocycles. The zero-order valence-corrected chi connectivity index (χ0v) is 19.3. The number of amidine groups is 1. The van der Waals surface area contributed by atoms with Crippen molar-refractivity contribution in [3.63, 3.8) is 0 Å². The van der Waals surface area contributed by atoms with Crippen LogP contribution in [0.15, 0.2) is 60.0 Å². The summed E-state index contributed by atoms with van der Waals surface area (Å²) in [5.74, 6) is 0.570. The van der Waals surface area contributed by atoms with E-state index in [1.165, 1.54) is 0 Å². The number of phenols is 1. The molecule has 4 aromatic rings. The lowest BCUT2D eigenvalue weighted by Crippen LogP contribution is -2.24. The van der Waals surface area contributed by atoms with Gasteiger partial charge in [0.25, 0.3) is 0 Å². The maximum Gasteiger partial charge on any atom is 0.135 e. The van der Waals surface area contributed by atoms with Crippen molar-refractivity contribution in [2.75, 3.05) is 18.5 Å². The summed E-state index contributed by atoms with van der Waals surface area (Å²) in [4.78, 5) is 9.28. The lowest BCUT2D eigenvalue weighted by atomic mass is 10.1. The second-order valence-corrected chi connectivity index (χ2v) is 8.53. The van der Waals surface area contributed by atoms with Gasteiger partial charge >= 0.3 is 0 Å². The molecule has 0 bridgehead atoms. The number of anilines is 1. The summed E-state index contributed by atoms with van der Waals surface area (Å²) in [6, 6.07) is 11.4. The van der Waals surface area contributed by atoms with Gasteiger partial charge in [-0.1, -0.05) is 13.0 Å². The molecule has 8 nitrogen and oxygen atoms in total. The Morgan fingerprint density at radius 2 is 2.21 bits per heavy atom. The molecule has 1 aromatic carbocycles. The summed E-state index contributed by atoms with van der Waals surface area (Å²) < 4.78 is 7.43. The third-order valence-electron chi connectivity index (χ3n) is 6.16. The number of phenolic OH excluding ortho intramolecular Hbond substituents is 1. The molecule has 0 spiro atoms. The number of fused-ring (bicyclic) bond motifs is 1. The van der Waals surface area contributed by atoms with Gasteiger partial charge in [0, 0.05) is 24.6 Å². The summed E-state index contributed by atoms with van der Waals surface area (Å²) in [7, 11) is 0. The minimum absolute atomic E-state index is 0.174. The molecule has 34 heavy (non-hydrogen) atoms. The van der Waals surface area contributed by atoms with Crippen LogP contribution in [0, 0.1) is 6.92 Å². The molecule has 4 heterocycles. The van der Waals surface area contributed by atoms with Crippen LogP contribution in [0.3, 0.4) is 0 Å². The Kier molecular flexibility index (Phi) is 5.90. The Hall–Kier alpha value is -3.91. The number of aromatic hydroxyl groups is 1. The fraction of sp³-hybridized carbons (Fsp3) is 0.269. The number of nitrogens with zero attached hydrogens (tertiary/aromatic N) is 4. The monoisotopic (exact) mass is 456 g/mol. The Bertz CT molecular complexity index is 1370. The van der Waals surface area contributed by atoms with Crippen LogP contribution in [0.2, 0.25) is 0 Å². The molecular formula is C26H28N6O2. The number of benzene rings is 1. The number of hydrogen-bond donors (Lipinski definition) is 3. The van der Waals surface area contributed by atoms with Crippen LogP contribution in [0.5, 0.6) is 5.75 Å². The van der Waals surface area contributed by atoms with E-state index in [0.717, 1.165) is 64.3 Å². The molecular weight excluding hydrogens is 428 g/mol. The van der Waals surface area contributed by atoms with Crippen molar-refractivity contribution in [1.29, 1.82) is 0 Å². The normalized spacial score (nSPS) is 16.3. The van der Waals surface area contributed by atoms with Crippen molar-refractivity contribution >= 4 is 22.7 Å². The SMILES string of the molecule is CCc1cc(O)ccc1/N=C(\N)c1cnn2cc(-c3ncccc3C)cc2c1N[C@H]1CCOC1. The van der Waals surface area contributed by atoms with Gasteiger partial charge in [-0.05, 0) is 61.2 Å². The first-order valence-electron chi connectivity index (χ1n) is 11.5. The molecule has 0 unspecified atom stereocenters. The van der Waals surface area contributed by atoms with Gasteiger partial charge in [-0.2, -0.15) is 5.10 Å². The molecule has 0 aliphatic carbocycles. The first kappa shape index (κ1) is 21.9. The number of aliphatic imine (C=N–C) groups is 1. The Morgan fingerprint density at radius 3 is 2.97 bits per heavy atom. The lowest BCUT2D eigenvalue weighted by molar-refractivity contribution is 0.195. The first-order valence-corrected chi connectivity index (χ1v) is 11.5. The van der Waals surface area contributed by atoms with Crippen LogP contribution in [0.1, 0.15) is 30.0 Å². The predicted molar refractivity (Wildman–Crippen MR) is 134 cm³/mol. The number of pyridine rings is 1. The van der Waals surface area contributed by atoms with E-state index >= 15 is 0 Å². The van der Waals surface area contributed by atoms with Crippen LogP contribution in [-0.2, 0) is 11.2 Å². The molecule has 174 valence electrons. The second kappa shape index (κ2) is 9.15. The standard InChI is InChI=1S/C26H28N6O2/c1-3-17-11-20(33)6-7-22(17)31-26(27)21-13-29-32-14-18(24-16(2)5-4-9-28-24)12-23(32)25(21)30-19-8-10-34-15-19/h4-7,9,11-14,19,30,33H,3,8,10,15H2,1-2H3,(H2,27,31)/t19-/m0/s1. The molecule has 0 amide bonds. The van der Waals surface area contributed by atoms with Gasteiger partial charge < -0.3 is 20.9 Å². The van der Waals surface area contributed by atoms with Crippen LogP contribution < -0.4 is 11.1 Å². The van der Waals surface area contributed by atoms with Crippen molar-refractivity contribution in [3.05, 3.63) is 71.7 Å². The minimum atomic E-state index is 0.174. The molecule has 0 saturated carbocycles. The van der Waals surface area contributed by atoms with Gasteiger partial charge in [0.05, 0.1) is 47.0 Å². The van der Waals surface area contributed by atoms with Crippen LogP contribution in [0.4, 0.5) is 11.4 Å². The number of hydrogen-bond acceptors (Lipinski definition) is 6. The van der Waals surface area contributed by atoms with Crippen molar-refractivity contribution in [1.82, 2.24) is 14.6 Å². The van der Waals surface area contributed by atoms with Gasteiger partial charge in [0.2, 0.25) is 0 Å². The Labute approximate surface area is 198 Å². The smallest absolute Gasteiger partial charge is 0.135 e. The number of aryl methyl sites for hydroxylation is 2. The van der Waals surface area contributed by atoms with E-state index in [4.69, 9.17) is 15.5 Å². The van der Waals surface area contributed by atoms with Crippen molar-refractivity contribution in [2.24, 2.45) is 10.7 Å². The molecule has 5 rings (SSSR count). The largest absolute Gasteiger partial charge is 0.508 e. The van der Waals surface area contributed by atoms with E-state index in [2.05, 4.69) is 21.5 Å². The zero-order valence-electron chi connectivity index (χ0n) is 19.3. The number of rotatable bonds is 6. The fourth-order valence-corrected chi connectivity index (χ4v) is 4.33. The van der Waals surface area contributed by atoms with E-state index in [1.54, 1.807) is 30.6 Å². The average molecular weight is 457 g/mol. The zero-order chi connectivity index (χ0) is 23.7. The van der Waals surface area contributed by atoms with Gasteiger partial charge in [-0.3, -0.25) is 4.98 Å². The predicted octanol–water partition coefficient (Wildman–Crippen LogP) is 4.21. The highest BCUT2D eigenvalue weighted by molar-refractivity contribution is 6.06. The third-order valence-corrected chi connectivity index (χ3v) is 6.16. The molecule has 1 fully saturated rings. The van der Waals surface area contributed by atoms with Crippen LogP contribution >= 0.6 is 0 Å². The van der Waals surface area contributed by atoms with Crippen molar-refractivity contribution in [3.8, 4) is 17.0 Å². The van der Waals surface area contributed by atoms with Crippen LogP contribution in [0.25, 0.3) is 16.8 Å². The van der Waals surface area contributed by atoms with E-state index in [-0.39, 0.29) is 11.8 Å². The van der Waals surface area contributed by atoms with E-state index in [1.807, 2.05) is 36.7 Å². The topological polar surface area (TPSA) is 110 Å². The first-order chi connectivity index (χ1) is 16.5. The molecule has 1 aliphatic rings. The molecule has 0 radical (unpaired) electrons. The summed E-state index contributed by atoms with van der Waals surface area (Å²) in [6.45, 7) is 5.43. The maximum atomic E-state index is 9.84. The molecule has 8 heteroatoms. The molecule has 1 saturated heterocycles. The number of ether oxygens (including phenoxy) is 1. The lowest BCUT2D eigenvalue weighted by Gasteiger charge is -2.17. The average Bonchev–Trinajstić information content (AvgIpc) is 3.50. The van der Waals surface area contributed by atoms with E-state index < -0.39 is 0 Å². The van der Waals surface area contributed by atoms with E-state index in [9.17, 15) is 5.11 Å². The second-order valence-electron chi connectivity index (χ2n) is 8.53. The summed E-state index contributed by atoms with van der Waals surface area (Å²) in [6.07, 6.45) is 7.16. The third kappa shape index (κ3) is 4.20.